The highest BCUT2D eigenvalue weighted by Crippen LogP contribution is 2.68. The summed E-state index contributed by atoms with van der Waals surface area (Å²) in [6, 6.07) is -0.557. The molecule has 0 radical (unpaired) electrons. The lowest BCUT2D eigenvalue weighted by Gasteiger charge is -2.61. The molecule has 61 heavy (non-hydrogen) atoms. The fourth-order valence-corrected chi connectivity index (χ4v) is 11.2. The van der Waals surface area contributed by atoms with Crippen molar-refractivity contribution in [3.63, 3.8) is 0 Å². The Morgan fingerprint density at radius 1 is 0.770 bits per heavy atom. The molecule has 0 unspecified atom stereocenters. The van der Waals surface area contributed by atoms with Gasteiger partial charge in [0.25, 0.3) is 0 Å². The van der Waals surface area contributed by atoms with E-state index in [2.05, 4.69) is 44.9 Å². The number of esters is 1. The number of rotatable bonds is 17. The van der Waals surface area contributed by atoms with E-state index in [9.17, 15) is 35.9 Å². The number of guanidine groups is 1. The molecule has 0 heterocycles. The van der Waals surface area contributed by atoms with Crippen LogP contribution in [0.15, 0.2) is 4.99 Å². The molecule has 4 fully saturated rings. The lowest BCUT2D eigenvalue weighted by Crippen LogP contribution is -2.54. The summed E-state index contributed by atoms with van der Waals surface area (Å²) in [5.41, 5.74) is 17.5. The number of unbranched alkanes of at least 4 members (excludes halogenated alkanes) is 2. The minimum absolute atomic E-state index is 0.0490. The first-order chi connectivity index (χ1) is 28.2. The highest BCUT2D eigenvalue weighted by molar-refractivity contribution is 5.81. The van der Waals surface area contributed by atoms with Gasteiger partial charge in [-0.2, -0.15) is 26.3 Å². The highest BCUT2D eigenvalue weighted by atomic mass is 19.4. The summed E-state index contributed by atoms with van der Waals surface area (Å²) in [5, 5.41) is 17.2. The third-order valence-electron chi connectivity index (χ3n) is 14.3. The molecule has 0 aromatic heterocycles. The standard InChI is InChI=1S/C39H71N5O3.2C2HF3O2/c1-26(2)11-9-12-27(3)31-17-18-32-30-16-15-28-25-29(19-21-38(28,4)33(30)20-22-39(31,32)5)47-35(45)14-7-6-8-23-43-36(46)34(40)13-10-24-44-37(41)42;2*3-2(4,5)1(6)7/h26-34H,6-25,40H2,1-5H3,(H,43,46)(H4,41,42,44);2*(H,6,7)/t27-,28+,29+,30+,31-,32+,33+,34-,38+,39-;;/m1../s1. The minimum Gasteiger partial charge on any atom is -0.475 e. The average molecular weight is 886 g/mol. The van der Waals surface area contributed by atoms with Crippen LogP contribution in [-0.4, -0.2) is 77.6 Å². The Hall–Kier alpha value is -3.31. The first kappa shape index (κ1) is 53.8. The van der Waals surface area contributed by atoms with Crippen LogP contribution in [0.5, 0.6) is 0 Å². The lowest BCUT2D eigenvalue weighted by molar-refractivity contribution is -0.193. The summed E-state index contributed by atoms with van der Waals surface area (Å²) >= 11 is 0. The van der Waals surface area contributed by atoms with Crippen LogP contribution < -0.4 is 22.5 Å². The SMILES string of the molecule is CC(C)CCC[C@@H](C)[C@H]1CC[C@H]2[C@@H]3CC[C@H]4C[C@@H](OC(=O)CCCCCNC(=O)[C@H](N)CCCN=C(N)N)CC[C@]4(C)[C@H]3CC[C@]12C.O=C(O)C(F)(F)F.O=C(O)C(F)(F)F. The van der Waals surface area contributed by atoms with Gasteiger partial charge in [-0.15, -0.1) is 0 Å². The summed E-state index contributed by atoms with van der Waals surface area (Å²) in [6.45, 7) is 13.7. The van der Waals surface area contributed by atoms with E-state index < -0.39 is 30.3 Å². The van der Waals surface area contributed by atoms with E-state index in [0.29, 0.717) is 49.1 Å². The molecule has 0 bridgehead atoms. The maximum Gasteiger partial charge on any atom is 0.490 e. The maximum atomic E-state index is 12.8. The molecule has 0 saturated heterocycles. The van der Waals surface area contributed by atoms with Gasteiger partial charge in [-0.05, 0) is 136 Å². The Morgan fingerprint density at radius 2 is 1.36 bits per heavy atom. The minimum atomic E-state index is -5.08. The van der Waals surface area contributed by atoms with E-state index in [1.54, 1.807) is 0 Å². The van der Waals surface area contributed by atoms with Crippen LogP contribution >= 0.6 is 0 Å². The summed E-state index contributed by atoms with van der Waals surface area (Å²) in [4.78, 5) is 46.7. The van der Waals surface area contributed by atoms with E-state index >= 15 is 0 Å². The van der Waals surface area contributed by atoms with Gasteiger partial charge in [0, 0.05) is 19.5 Å². The molecule has 12 nitrogen and oxygen atoms in total. The molecule has 0 spiro atoms. The summed E-state index contributed by atoms with van der Waals surface area (Å²) < 4.78 is 69.6. The van der Waals surface area contributed by atoms with Gasteiger partial charge in [-0.3, -0.25) is 14.6 Å². The molecule has 4 aliphatic rings. The molecule has 4 rings (SSSR count). The van der Waals surface area contributed by atoms with Crippen LogP contribution in [0.1, 0.15) is 150 Å². The number of halogens is 6. The second-order valence-electron chi connectivity index (χ2n) is 18.8. The summed E-state index contributed by atoms with van der Waals surface area (Å²) in [5.74, 6) is 0.298. The van der Waals surface area contributed by atoms with Crippen molar-refractivity contribution in [2.24, 2.45) is 74.4 Å². The number of aliphatic carboxylic acids is 2. The molecule has 18 heteroatoms. The Kier molecular flexibility index (Phi) is 21.1. The maximum absolute atomic E-state index is 12.8. The Balaban J connectivity index is 0.000000784. The number of carboxylic acids is 2. The number of ether oxygens (including phenoxy) is 1. The monoisotopic (exact) mass is 886 g/mol. The number of nitrogens with zero attached hydrogens (tertiary/aromatic N) is 1. The van der Waals surface area contributed by atoms with Crippen molar-refractivity contribution >= 4 is 29.8 Å². The number of alkyl halides is 6. The number of aliphatic imine (C=N–C) groups is 1. The van der Waals surface area contributed by atoms with Crippen molar-refractivity contribution in [2.45, 2.75) is 175 Å². The predicted molar refractivity (Wildman–Crippen MR) is 220 cm³/mol. The van der Waals surface area contributed by atoms with Gasteiger partial charge in [0.1, 0.15) is 6.10 Å². The number of carboxylic acid groups (broad SMARTS) is 2. The van der Waals surface area contributed by atoms with E-state index in [0.717, 1.165) is 67.6 Å². The topological polar surface area (TPSA) is 220 Å². The molecule has 10 atom stereocenters. The average Bonchev–Trinajstić information content (AvgIpc) is 3.51. The smallest absolute Gasteiger partial charge is 0.475 e. The molecular formula is C43H73F6N5O7. The number of amides is 1. The fraction of sp³-hybridized carbons (Fsp3) is 0.884. The second kappa shape index (κ2) is 23.9. The van der Waals surface area contributed by atoms with Gasteiger partial charge in [-0.1, -0.05) is 60.3 Å². The van der Waals surface area contributed by atoms with Crippen LogP contribution in [0.4, 0.5) is 26.3 Å². The molecule has 354 valence electrons. The van der Waals surface area contributed by atoms with Crippen LogP contribution in [0.25, 0.3) is 0 Å². The molecule has 4 aliphatic carbocycles. The second-order valence-corrected chi connectivity index (χ2v) is 18.8. The van der Waals surface area contributed by atoms with Gasteiger partial charge >= 0.3 is 30.3 Å². The van der Waals surface area contributed by atoms with Crippen molar-refractivity contribution in [3.05, 3.63) is 0 Å². The van der Waals surface area contributed by atoms with Crippen LogP contribution in [0, 0.1) is 52.3 Å². The Labute approximate surface area is 357 Å². The van der Waals surface area contributed by atoms with Crippen LogP contribution in [0.3, 0.4) is 0 Å². The first-order valence-corrected chi connectivity index (χ1v) is 22.1. The van der Waals surface area contributed by atoms with Crippen molar-refractivity contribution in [1.82, 2.24) is 5.32 Å². The summed E-state index contributed by atoms with van der Waals surface area (Å²) in [6.07, 6.45) is 10.0. The third kappa shape index (κ3) is 16.7. The predicted octanol–water partition coefficient (Wildman–Crippen LogP) is 8.34. The molecule has 0 aliphatic heterocycles. The lowest BCUT2D eigenvalue weighted by atomic mass is 9.44. The zero-order chi connectivity index (χ0) is 46.3. The number of carbonyl (C=O) groups excluding carboxylic acids is 2. The fourth-order valence-electron chi connectivity index (χ4n) is 11.2. The quantitative estimate of drug-likeness (QED) is 0.0269. The zero-order valence-corrected chi connectivity index (χ0v) is 36.7. The van der Waals surface area contributed by atoms with Gasteiger partial charge in [0.15, 0.2) is 5.96 Å². The van der Waals surface area contributed by atoms with Gasteiger partial charge < -0.3 is 37.5 Å². The molecule has 9 N–H and O–H groups in total. The van der Waals surface area contributed by atoms with Crippen LogP contribution in [0.2, 0.25) is 0 Å². The molecule has 0 aromatic rings. The van der Waals surface area contributed by atoms with E-state index in [1.165, 1.54) is 64.2 Å². The van der Waals surface area contributed by atoms with E-state index in [1.807, 2.05) is 0 Å². The van der Waals surface area contributed by atoms with Crippen molar-refractivity contribution < 1.29 is 60.5 Å². The third-order valence-corrected chi connectivity index (χ3v) is 14.3. The van der Waals surface area contributed by atoms with Crippen molar-refractivity contribution in [3.8, 4) is 0 Å². The van der Waals surface area contributed by atoms with Gasteiger partial charge in [0.2, 0.25) is 5.91 Å². The van der Waals surface area contributed by atoms with Gasteiger partial charge in [0.05, 0.1) is 6.04 Å². The number of nitrogens with one attached hydrogen (secondary N) is 1. The number of hydrogen-bond donors (Lipinski definition) is 6. The Bertz CT molecular complexity index is 1420. The Morgan fingerprint density at radius 3 is 1.93 bits per heavy atom. The number of carbonyl (C=O) groups is 4. The number of hydrogen-bond acceptors (Lipinski definition) is 7. The van der Waals surface area contributed by atoms with E-state index in [4.69, 9.17) is 41.7 Å². The molecule has 1 amide bonds. The van der Waals surface area contributed by atoms with Crippen LogP contribution in [-0.2, 0) is 23.9 Å². The molecule has 4 saturated carbocycles. The first-order valence-electron chi connectivity index (χ1n) is 22.1. The van der Waals surface area contributed by atoms with E-state index in [-0.39, 0.29) is 23.9 Å². The zero-order valence-electron chi connectivity index (χ0n) is 36.7. The number of fused-ring (bicyclic) bond motifs is 5. The summed E-state index contributed by atoms with van der Waals surface area (Å²) in [7, 11) is 0. The van der Waals surface area contributed by atoms with Crippen molar-refractivity contribution in [1.29, 1.82) is 0 Å². The largest absolute Gasteiger partial charge is 0.490 e. The number of nitrogens with two attached hydrogens (primary N) is 3. The highest BCUT2D eigenvalue weighted by Gasteiger charge is 2.60. The molecular weight excluding hydrogens is 812 g/mol. The molecule has 0 aromatic carbocycles. The van der Waals surface area contributed by atoms with Crippen molar-refractivity contribution in [2.75, 3.05) is 13.1 Å². The van der Waals surface area contributed by atoms with Gasteiger partial charge in [-0.25, -0.2) is 9.59 Å². The normalized spacial score (nSPS) is 29.1.